The molecule has 1 heterocycles. The number of carboxylic acid groups (broad SMARTS) is 1. The number of hydrogen-bond donors (Lipinski definition) is 5. The highest BCUT2D eigenvalue weighted by molar-refractivity contribution is 6.06. The average Bonchev–Trinajstić information content (AvgIpc) is 2.90. The summed E-state index contributed by atoms with van der Waals surface area (Å²) in [5.74, 6) is -3.39. The second-order valence-electron chi connectivity index (χ2n) is 6.93. The molecule has 2 atom stereocenters. The summed E-state index contributed by atoms with van der Waals surface area (Å²) in [6.45, 7) is 3.89. The van der Waals surface area contributed by atoms with Gasteiger partial charge in [0.15, 0.2) is 6.10 Å². The Balaban J connectivity index is 2.33. The van der Waals surface area contributed by atoms with Crippen LogP contribution in [0.2, 0.25) is 0 Å². The first-order chi connectivity index (χ1) is 14.0. The standard InChI is InChI=1S/C20H24FN3O6/c1-9-7-12(5-6-13(9)21)22-18(27)15-10(2)16(24(4)11(15)3)17(26)19(28)23-14(8-25)20(29)30/h5-7,14,17,25-26H,8H2,1-4H3,(H,22,27)(H,23,28)(H,29,30)/t14-,17?/m0/s1. The van der Waals surface area contributed by atoms with Crippen molar-refractivity contribution in [2.24, 2.45) is 7.05 Å². The van der Waals surface area contributed by atoms with E-state index in [1.807, 2.05) is 5.32 Å². The third-order valence-corrected chi connectivity index (χ3v) is 4.93. The van der Waals surface area contributed by atoms with Gasteiger partial charge in [0, 0.05) is 18.4 Å². The molecule has 10 heteroatoms. The molecule has 30 heavy (non-hydrogen) atoms. The summed E-state index contributed by atoms with van der Waals surface area (Å²) in [6, 6.07) is 2.55. The van der Waals surface area contributed by atoms with E-state index in [-0.39, 0.29) is 11.3 Å². The van der Waals surface area contributed by atoms with Crippen LogP contribution in [0.1, 0.15) is 39.0 Å². The number of hydrogen-bond acceptors (Lipinski definition) is 5. The van der Waals surface area contributed by atoms with Crippen LogP contribution in [0.4, 0.5) is 10.1 Å². The number of aryl methyl sites for hydroxylation is 1. The number of amides is 2. The molecule has 0 aliphatic heterocycles. The topological polar surface area (TPSA) is 141 Å². The molecule has 1 aromatic heterocycles. The number of halogens is 1. The summed E-state index contributed by atoms with van der Waals surface area (Å²) in [6.07, 6.45) is -1.77. The predicted octanol–water partition coefficient (Wildman–Crippen LogP) is 0.937. The number of carbonyl (C=O) groups is 3. The van der Waals surface area contributed by atoms with Gasteiger partial charge in [-0.2, -0.15) is 0 Å². The lowest BCUT2D eigenvalue weighted by Gasteiger charge is -2.17. The second kappa shape index (κ2) is 9.06. The molecule has 0 fully saturated rings. The van der Waals surface area contributed by atoms with E-state index in [9.17, 15) is 23.9 Å². The first-order valence-corrected chi connectivity index (χ1v) is 9.04. The van der Waals surface area contributed by atoms with Crippen LogP contribution >= 0.6 is 0 Å². The SMILES string of the molecule is Cc1cc(NC(=O)c2c(C)c(C(O)C(=O)N[C@@H](CO)C(=O)O)n(C)c2C)ccc1F. The molecule has 0 aliphatic rings. The average molecular weight is 421 g/mol. The number of carboxylic acids is 1. The molecule has 5 N–H and O–H groups in total. The Morgan fingerprint density at radius 1 is 1.20 bits per heavy atom. The van der Waals surface area contributed by atoms with Gasteiger partial charge in [0.25, 0.3) is 11.8 Å². The van der Waals surface area contributed by atoms with E-state index in [4.69, 9.17) is 10.2 Å². The highest BCUT2D eigenvalue weighted by Crippen LogP contribution is 2.27. The lowest BCUT2D eigenvalue weighted by atomic mass is 10.1. The van der Waals surface area contributed by atoms with Gasteiger partial charge < -0.3 is 30.5 Å². The van der Waals surface area contributed by atoms with Crippen LogP contribution in [0.5, 0.6) is 0 Å². The van der Waals surface area contributed by atoms with Gasteiger partial charge in [0.05, 0.1) is 17.9 Å². The van der Waals surface area contributed by atoms with Crippen LogP contribution in [0.25, 0.3) is 0 Å². The van der Waals surface area contributed by atoms with Gasteiger partial charge in [-0.15, -0.1) is 0 Å². The van der Waals surface area contributed by atoms with Crippen LogP contribution in [0.3, 0.4) is 0 Å². The molecule has 0 saturated carbocycles. The molecule has 9 nitrogen and oxygen atoms in total. The second-order valence-corrected chi connectivity index (χ2v) is 6.93. The molecule has 0 aliphatic carbocycles. The van der Waals surface area contributed by atoms with Gasteiger partial charge >= 0.3 is 5.97 Å². The Labute approximate surface area is 172 Å². The molecule has 0 radical (unpaired) electrons. The number of aliphatic hydroxyl groups excluding tert-OH is 2. The zero-order chi connectivity index (χ0) is 22.7. The number of nitrogens with zero attached hydrogens (tertiary/aromatic N) is 1. The summed E-state index contributed by atoms with van der Waals surface area (Å²) in [7, 11) is 1.55. The number of aliphatic hydroxyl groups is 2. The summed E-state index contributed by atoms with van der Waals surface area (Å²) < 4.78 is 14.9. The minimum atomic E-state index is -1.77. The van der Waals surface area contributed by atoms with Crippen molar-refractivity contribution in [1.29, 1.82) is 0 Å². The molecule has 2 amide bonds. The Morgan fingerprint density at radius 3 is 2.37 bits per heavy atom. The molecule has 0 bridgehead atoms. The maximum absolute atomic E-state index is 13.4. The smallest absolute Gasteiger partial charge is 0.328 e. The molecule has 1 aromatic carbocycles. The largest absolute Gasteiger partial charge is 0.480 e. The first-order valence-electron chi connectivity index (χ1n) is 9.04. The van der Waals surface area contributed by atoms with E-state index < -0.39 is 42.4 Å². The van der Waals surface area contributed by atoms with Gasteiger partial charge in [-0.3, -0.25) is 9.59 Å². The molecule has 2 aromatic rings. The highest BCUT2D eigenvalue weighted by atomic mass is 19.1. The van der Waals surface area contributed by atoms with Crippen molar-refractivity contribution in [3.63, 3.8) is 0 Å². The fourth-order valence-corrected chi connectivity index (χ4v) is 3.20. The van der Waals surface area contributed by atoms with Gasteiger partial charge in [-0.05, 0) is 50.1 Å². The minimum absolute atomic E-state index is 0.104. The molecular weight excluding hydrogens is 397 g/mol. The molecule has 2 rings (SSSR count). The zero-order valence-corrected chi connectivity index (χ0v) is 17.0. The fourth-order valence-electron chi connectivity index (χ4n) is 3.20. The lowest BCUT2D eigenvalue weighted by Crippen LogP contribution is -2.45. The third-order valence-electron chi connectivity index (χ3n) is 4.93. The number of benzene rings is 1. The summed E-state index contributed by atoms with van der Waals surface area (Å²) >= 11 is 0. The lowest BCUT2D eigenvalue weighted by molar-refractivity contribution is -0.144. The van der Waals surface area contributed by atoms with E-state index in [1.54, 1.807) is 27.8 Å². The van der Waals surface area contributed by atoms with Crippen LogP contribution in [-0.4, -0.2) is 50.3 Å². The van der Waals surface area contributed by atoms with Crippen molar-refractivity contribution < 1.29 is 34.1 Å². The molecule has 162 valence electrons. The van der Waals surface area contributed by atoms with Crippen LogP contribution in [-0.2, 0) is 16.6 Å². The van der Waals surface area contributed by atoms with E-state index in [1.165, 1.54) is 22.8 Å². The minimum Gasteiger partial charge on any atom is -0.480 e. The molecule has 0 saturated heterocycles. The van der Waals surface area contributed by atoms with Crippen molar-refractivity contribution in [3.05, 3.63) is 52.1 Å². The summed E-state index contributed by atoms with van der Waals surface area (Å²) in [5.41, 5.74) is 1.85. The number of anilines is 1. The fraction of sp³-hybridized carbons (Fsp3) is 0.350. The van der Waals surface area contributed by atoms with E-state index in [0.717, 1.165) is 0 Å². The van der Waals surface area contributed by atoms with Crippen LogP contribution < -0.4 is 10.6 Å². The Kier molecular flexibility index (Phi) is 6.96. The quantitative estimate of drug-likeness (QED) is 0.451. The normalized spacial score (nSPS) is 12.9. The highest BCUT2D eigenvalue weighted by Gasteiger charge is 2.31. The van der Waals surface area contributed by atoms with E-state index in [2.05, 4.69) is 5.32 Å². The van der Waals surface area contributed by atoms with Gasteiger partial charge in [0.1, 0.15) is 11.9 Å². The zero-order valence-electron chi connectivity index (χ0n) is 17.0. The first kappa shape index (κ1) is 23.0. The predicted molar refractivity (Wildman–Crippen MR) is 106 cm³/mol. The van der Waals surface area contributed by atoms with Crippen molar-refractivity contribution in [1.82, 2.24) is 9.88 Å². The number of nitrogens with one attached hydrogen (secondary N) is 2. The number of aliphatic carboxylic acids is 1. The van der Waals surface area contributed by atoms with Gasteiger partial charge in [-0.25, -0.2) is 9.18 Å². The molecule has 1 unspecified atom stereocenters. The van der Waals surface area contributed by atoms with Crippen LogP contribution in [0, 0.1) is 26.6 Å². The maximum Gasteiger partial charge on any atom is 0.328 e. The number of aromatic nitrogens is 1. The van der Waals surface area contributed by atoms with E-state index >= 15 is 0 Å². The third kappa shape index (κ3) is 4.50. The summed E-state index contributed by atoms with van der Waals surface area (Å²) in [4.78, 5) is 36.1. The van der Waals surface area contributed by atoms with Crippen LogP contribution in [0.15, 0.2) is 18.2 Å². The van der Waals surface area contributed by atoms with Crippen molar-refractivity contribution in [2.45, 2.75) is 32.9 Å². The Hall–Kier alpha value is -3.24. The number of carbonyl (C=O) groups excluding carboxylic acids is 2. The van der Waals surface area contributed by atoms with Crippen molar-refractivity contribution in [3.8, 4) is 0 Å². The van der Waals surface area contributed by atoms with E-state index in [0.29, 0.717) is 22.5 Å². The van der Waals surface area contributed by atoms with Crippen molar-refractivity contribution in [2.75, 3.05) is 11.9 Å². The van der Waals surface area contributed by atoms with Gasteiger partial charge in [-0.1, -0.05) is 0 Å². The molecular formula is C20H24FN3O6. The maximum atomic E-state index is 13.4. The van der Waals surface area contributed by atoms with Gasteiger partial charge in [0.2, 0.25) is 0 Å². The Morgan fingerprint density at radius 2 is 1.83 bits per heavy atom. The summed E-state index contributed by atoms with van der Waals surface area (Å²) in [5, 5.41) is 33.2. The number of rotatable bonds is 7. The molecule has 0 spiro atoms. The monoisotopic (exact) mass is 421 g/mol. The van der Waals surface area contributed by atoms with Crippen molar-refractivity contribution >= 4 is 23.5 Å². The Bertz CT molecular complexity index is 1000.